The lowest BCUT2D eigenvalue weighted by molar-refractivity contribution is 0.0919. The molecule has 1 aliphatic carbocycles. The molecule has 0 saturated carbocycles. The van der Waals surface area contributed by atoms with E-state index in [0.29, 0.717) is 6.42 Å². The number of aryl methyl sites for hydroxylation is 2. The molecule has 20 heavy (non-hydrogen) atoms. The minimum Gasteiger partial charge on any atom is -0.345 e. The van der Waals surface area contributed by atoms with Crippen LogP contribution in [0.5, 0.6) is 0 Å². The summed E-state index contributed by atoms with van der Waals surface area (Å²) < 4.78 is 23.1. The van der Waals surface area contributed by atoms with E-state index in [2.05, 4.69) is 5.32 Å². The third-order valence-electron chi connectivity index (χ3n) is 4.14. The lowest BCUT2D eigenvalue weighted by Crippen LogP contribution is -2.46. The van der Waals surface area contributed by atoms with Crippen molar-refractivity contribution in [2.45, 2.75) is 44.6 Å². The summed E-state index contributed by atoms with van der Waals surface area (Å²) in [4.78, 5) is 14.4. The summed E-state index contributed by atoms with van der Waals surface area (Å²) in [6.07, 6.45) is 5.03. The topological polar surface area (TPSA) is 63.2 Å². The largest absolute Gasteiger partial charge is 0.345 e. The first-order valence-corrected chi connectivity index (χ1v) is 9.65. The molecule has 1 atom stereocenters. The summed E-state index contributed by atoms with van der Waals surface area (Å²) in [6, 6.07) is 1.99. The minimum atomic E-state index is -3.00. The molecule has 1 aromatic rings. The second kappa shape index (κ2) is 4.84. The van der Waals surface area contributed by atoms with Crippen molar-refractivity contribution in [2.24, 2.45) is 0 Å². The number of hydrogen-bond donors (Lipinski definition) is 1. The molecule has 2 heterocycles. The molecular formula is C14H19NO3S2. The number of thiophene rings is 1. The van der Waals surface area contributed by atoms with Crippen LogP contribution in [0.3, 0.4) is 0 Å². The zero-order valence-corrected chi connectivity index (χ0v) is 13.2. The molecule has 1 aliphatic heterocycles. The maximum atomic E-state index is 12.3. The number of hydrogen-bond acceptors (Lipinski definition) is 4. The van der Waals surface area contributed by atoms with E-state index in [-0.39, 0.29) is 17.4 Å². The zero-order valence-electron chi connectivity index (χ0n) is 11.6. The number of fused-ring (bicyclic) bond motifs is 1. The molecule has 0 spiro atoms. The summed E-state index contributed by atoms with van der Waals surface area (Å²) in [6.45, 7) is 1.82. The fourth-order valence-electron chi connectivity index (χ4n) is 3.05. The minimum absolute atomic E-state index is 0.0524. The standard InChI is InChI=1S/C14H19NO3S2/c1-14(6-7-20(17,18)9-14)15-13(16)12-8-10-4-2-3-5-11(10)19-12/h8H,2-7,9H2,1H3,(H,15,16)/t14-/m0/s1. The SMILES string of the molecule is C[C@]1(NC(=O)c2cc3c(s2)CCCC3)CCS(=O)(=O)C1. The van der Waals surface area contributed by atoms with Gasteiger partial charge in [0.1, 0.15) is 0 Å². The number of amides is 1. The molecule has 0 aromatic carbocycles. The van der Waals surface area contributed by atoms with Gasteiger partial charge in [-0.15, -0.1) is 11.3 Å². The summed E-state index contributed by atoms with van der Waals surface area (Å²) in [5, 5.41) is 2.93. The first-order chi connectivity index (χ1) is 9.37. The molecule has 6 heteroatoms. The third kappa shape index (κ3) is 2.76. The van der Waals surface area contributed by atoms with Crippen molar-refractivity contribution < 1.29 is 13.2 Å². The van der Waals surface area contributed by atoms with E-state index in [0.717, 1.165) is 17.7 Å². The van der Waals surface area contributed by atoms with E-state index >= 15 is 0 Å². The van der Waals surface area contributed by atoms with Crippen LogP contribution in [-0.4, -0.2) is 31.4 Å². The Morgan fingerprint density at radius 2 is 2.10 bits per heavy atom. The van der Waals surface area contributed by atoms with Crippen LogP contribution in [0.15, 0.2) is 6.07 Å². The van der Waals surface area contributed by atoms with E-state index in [1.54, 1.807) is 11.3 Å². The fraction of sp³-hybridized carbons (Fsp3) is 0.643. The average molecular weight is 313 g/mol. The number of rotatable bonds is 2. The Bertz CT molecular complexity index is 624. The van der Waals surface area contributed by atoms with Crippen LogP contribution in [0.2, 0.25) is 0 Å². The quantitative estimate of drug-likeness (QED) is 0.907. The number of carbonyl (C=O) groups is 1. The lowest BCUT2D eigenvalue weighted by Gasteiger charge is -2.23. The smallest absolute Gasteiger partial charge is 0.261 e. The van der Waals surface area contributed by atoms with Gasteiger partial charge in [-0.2, -0.15) is 0 Å². The highest BCUT2D eigenvalue weighted by Gasteiger charge is 2.39. The van der Waals surface area contributed by atoms with Gasteiger partial charge >= 0.3 is 0 Å². The van der Waals surface area contributed by atoms with Gasteiger partial charge in [0.15, 0.2) is 9.84 Å². The van der Waals surface area contributed by atoms with Gasteiger partial charge in [-0.3, -0.25) is 4.79 Å². The van der Waals surface area contributed by atoms with E-state index in [1.165, 1.54) is 23.3 Å². The first-order valence-electron chi connectivity index (χ1n) is 7.01. The van der Waals surface area contributed by atoms with Crippen LogP contribution >= 0.6 is 11.3 Å². The third-order valence-corrected chi connectivity index (χ3v) is 7.28. The molecule has 1 aromatic heterocycles. The zero-order chi connectivity index (χ0) is 14.4. The summed E-state index contributed by atoms with van der Waals surface area (Å²) in [5.41, 5.74) is 0.691. The van der Waals surface area contributed by atoms with Gasteiger partial charge in [0, 0.05) is 4.88 Å². The van der Waals surface area contributed by atoms with Crippen LogP contribution < -0.4 is 5.32 Å². The van der Waals surface area contributed by atoms with Gasteiger partial charge in [-0.25, -0.2) is 8.42 Å². The molecule has 0 bridgehead atoms. The molecule has 1 N–H and O–H groups in total. The highest BCUT2D eigenvalue weighted by atomic mass is 32.2. The Kier molecular flexibility index (Phi) is 3.41. The molecule has 1 fully saturated rings. The second-order valence-corrected chi connectivity index (χ2v) is 9.44. The van der Waals surface area contributed by atoms with Gasteiger partial charge in [0.05, 0.1) is 21.9 Å². The summed E-state index contributed by atoms with van der Waals surface area (Å²) >= 11 is 1.56. The van der Waals surface area contributed by atoms with Gasteiger partial charge in [-0.1, -0.05) is 0 Å². The van der Waals surface area contributed by atoms with Crippen molar-refractivity contribution in [3.05, 3.63) is 21.4 Å². The van der Waals surface area contributed by atoms with E-state index in [9.17, 15) is 13.2 Å². The van der Waals surface area contributed by atoms with Crippen molar-refractivity contribution in [3.63, 3.8) is 0 Å². The van der Waals surface area contributed by atoms with Gasteiger partial charge in [0.2, 0.25) is 0 Å². The number of sulfone groups is 1. The van der Waals surface area contributed by atoms with Crippen molar-refractivity contribution in [2.75, 3.05) is 11.5 Å². The molecule has 0 unspecified atom stereocenters. The molecule has 110 valence electrons. The predicted molar refractivity (Wildman–Crippen MR) is 80.1 cm³/mol. The van der Waals surface area contributed by atoms with E-state index in [1.807, 2.05) is 13.0 Å². The maximum Gasteiger partial charge on any atom is 0.261 e. The Hall–Kier alpha value is -0.880. The number of carbonyl (C=O) groups excluding carboxylic acids is 1. The molecule has 2 aliphatic rings. The fourth-order valence-corrected chi connectivity index (χ4v) is 6.29. The second-order valence-electron chi connectivity index (χ2n) is 6.12. The molecule has 3 rings (SSSR count). The summed E-state index contributed by atoms with van der Waals surface area (Å²) in [7, 11) is -3.00. The van der Waals surface area contributed by atoms with Crippen LogP contribution in [0.4, 0.5) is 0 Å². The predicted octanol–water partition coefficient (Wildman–Crippen LogP) is 1.93. The molecular weight excluding hydrogens is 294 g/mol. The van der Waals surface area contributed by atoms with Gasteiger partial charge < -0.3 is 5.32 Å². The normalized spacial score (nSPS) is 28.1. The Morgan fingerprint density at radius 1 is 1.35 bits per heavy atom. The Balaban J connectivity index is 1.75. The molecule has 1 amide bonds. The molecule has 4 nitrogen and oxygen atoms in total. The highest BCUT2D eigenvalue weighted by molar-refractivity contribution is 7.91. The monoisotopic (exact) mass is 313 g/mol. The molecule has 1 saturated heterocycles. The van der Waals surface area contributed by atoms with E-state index < -0.39 is 15.4 Å². The Labute approximate surface area is 123 Å². The van der Waals surface area contributed by atoms with Crippen molar-refractivity contribution >= 4 is 27.1 Å². The van der Waals surface area contributed by atoms with E-state index in [4.69, 9.17) is 0 Å². The number of nitrogens with one attached hydrogen (secondary N) is 1. The van der Waals surface area contributed by atoms with Gasteiger partial charge in [-0.05, 0) is 50.7 Å². The van der Waals surface area contributed by atoms with Crippen molar-refractivity contribution in [3.8, 4) is 0 Å². The van der Waals surface area contributed by atoms with Gasteiger partial charge in [0.25, 0.3) is 5.91 Å². The molecule has 0 radical (unpaired) electrons. The first kappa shape index (κ1) is 14.1. The average Bonchev–Trinajstić information content (AvgIpc) is 2.90. The van der Waals surface area contributed by atoms with Crippen LogP contribution in [-0.2, 0) is 22.7 Å². The summed E-state index contributed by atoms with van der Waals surface area (Å²) in [5.74, 6) is 0.102. The lowest BCUT2D eigenvalue weighted by atomic mass is 9.99. The van der Waals surface area contributed by atoms with Crippen LogP contribution in [0.1, 0.15) is 46.3 Å². The van der Waals surface area contributed by atoms with Crippen LogP contribution in [0, 0.1) is 0 Å². The highest BCUT2D eigenvalue weighted by Crippen LogP contribution is 2.30. The van der Waals surface area contributed by atoms with Crippen molar-refractivity contribution in [1.29, 1.82) is 0 Å². The van der Waals surface area contributed by atoms with Crippen LogP contribution in [0.25, 0.3) is 0 Å². The Morgan fingerprint density at radius 3 is 2.75 bits per heavy atom. The van der Waals surface area contributed by atoms with Crippen molar-refractivity contribution in [1.82, 2.24) is 5.32 Å². The maximum absolute atomic E-state index is 12.3.